The maximum absolute atomic E-state index is 13.5. The number of halogens is 3. The van der Waals surface area contributed by atoms with E-state index in [2.05, 4.69) is 15.5 Å². The zero-order valence-electron chi connectivity index (χ0n) is 11.7. The average Bonchev–Trinajstić information content (AvgIpc) is 2.44. The molecule has 0 bridgehead atoms. The molecule has 0 aromatic heterocycles. The van der Waals surface area contributed by atoms with Gasteiger partial charge in [0.2, 0.25) is 5.91 Å². The minimum atomic E-state index is -0.435. The SMILES string of the molecule is Cl.O=C(Cc1c(F)cccc1Cl)NCCN1CCNCC1. The highest BCUT2D eigenvalue weighted by atomic mass is 35.5. The van der Waals surface area contributed by atoms with Crippen LogP contribution in [0.2, 0.25) is 5.02 Å². The monoisotopic (exact) mass is 335 g/mol. The predicted molar refractivity (Wildman–Crippen MR) is 84.7 cm³/mol. The van der Waals surface area contributed by atoms with Crippen LogP contribution < -0.4 is 10.6 Å². The third-order valence-electron chi connectivity index (χ3n) is 3.36. The Morgan fingerprint density at radius 1 is 1.38 bits per heavy atom. The van der Waals surface area contributed by atoms with Crippen molar-refractivity contribution in [2.75, 3.05) is 39.3 Å². The van der Waals surface area contributed by atoms with Gasteiger partial charge in [0.15, 0.2) is 0 Å². The van der Waals surface area contributed by atoms with E-state index < -0.39 is 5.82 Å². The molecule has 0 unspecified atom stereocenters. The molecular weight excluding hydrogens is 316 g/mol. The van der Waals surface area contributed by atoms with Gasteiger partial charge in [0, 0.05) is 49.9 Å². The maximum Gasteiger partial charge on any atom is 0.224 e. The molecule has 2 N–H and O–H groups in total. The quantitative estimate of drug-likeness (QED) is 0.856. The van der Waals surface area contributed by atoms with Gasteiger partial charge in [-0.3, -0.25) is 9.69 Å². The van der Waals surface area contributed by atoms with Gasteiger partial charge >= 0.3 is 0 Å². The Bertz CT molecular complexity index is 447. The van der Waals surface area contributed by atoms with Gasteiger partial charge in [-0.1, -0.05) is 17.7 Å². The van der Waals surface area contributed by atoms with Gasteiger partial charge in [-0.05, 0) is 12.1 Å². The lowest BCUT2D eigenvalue weighted by Crippen LogP contribution is -2.46. The van der Waals surface area contributed by atoms with Crippen molar-refractivity contribution >= 4 is 29.9 Å². The van der Waals surface area contributed by atoms with Crippen LogP contribution in [0.25, 0.3) is 0 Å². The molecule has 118 valence electrons. The van der Waals surface area contributed by atoms with Crippen LogP contribution in [-0.2, 0) is 11.2 Å². The molecule has 1 aromatic carbocycles. The van der Waals surface area contributed by atoms with Gasteiger partial charge in [0.25, 0.3) is 0 Å². The molecule has 0 atom stereocenters. The summed E-state index contributed by atoms with van der Waals surface area (Å²) in [5.74, 6) is -0.637. The zero-order chi connectivity index (χ0) is 14.4. The molecule has 1 heterocycles. The Morgan fingerprint density at radius 2 is 2.10 bits per heavy atom. The van der Waals surface area contributed by atoms with Gasteiger partial charge in [-0.2, -0.15) is 0 Å². The Hall–Kier alpha value is -0.880. The summed E-state index contributed by atoms with van der Waals surface area (Å²) in [6.07, 6.45) is -0.0208. The molecular formula is C14H20Cl2FN3O. The summed E-state index contributed by atoms with van der Waals surface area (Å²) in [6, 6.07) is 4.44. The molecule has 4 nitrogen and oxygen atoms in total. The van der Waals surface area contributed by atoms with Crippen molar-refractivity contribution in [2.45, 2.75) is 6.42 Å². The van der Waals surface area contributed by atoms with Crippen LogP contribution in [0.5, 0.6) is 0 Å². The summed E-state index contributed by atoms with van der Waals surface area (Å²) in [5, 5.41) is 6.37. The maximum atomic E-state index is 13.5. The first kappa shape index (κ1) is 18.2. The fourth-order valence-corrected chi connectivity index (χ4v) is 2.44. The van der Waals surface area contributed by atoms with E-state index in [1.54, 1.807) is 6.07 Å². The number of hydrogen-bond donors (Lipinski definition) is 2. The first-order chi connectivity index (χ1) is 9.66. The van der Waals surface area contributed by atoms with Gasteiger partial charge in [-0.25, -0.2) is 4.39 Å². The topological polar surface area (TPSA) is 44.4 Å². The molecule has 1 aromatic rings. The van der Waals surface area contributed by atoms with Crippen molar-refractivity contribution in [3.63, 3.8) is 0 Å². The third kappa shape index (κ3) is 5.79. The lowest BCUT2D eigenvalue weighted by atomic mass is 10.1. The minimum Gasteiger partial charge on any atom is -0.355 e. The molecule has 1 aliphatic heterocycles. The lowest BCUT2D eigenvalue weighted by Gasteiger charge is -2.27. The second-order valence-electron chi connectivity index (χ2n) is 4.82. The predicted octanol–water partition coefficient (Wildman–Crippen LogP) is 1.46. The second-order valence-corrected chi connectivity index (χ2v) is 5.23. The van der Waals surface area contributed by atoms with E-state index in [-0.39, 0.29) is 30.3 Å². The van der Waals surface area contributed by atoms with Crippen LogP contribution in [-0.4, -0.2) is 50.1 Å². The van der Waals surface area contributed by atoms with Crippen LogP contribution in [0.3, 0.4) is 0 Å². The highest BCUT2D eigenvalue weighted by molar-refractivity contribution is 6.31. The summed E-state index contributed by atoms with van der Waals surface area (Å²) in [6.45, 7) is 5.35. The van der Waals surface area contributed by atoms with Gasteiger partial charge in [0.1, 0.15) is 5.82 Å². The molecule has 1 saturated heterocycles. The van der Waals surface area contributed by atoms with Crippen LogP contribution in [0.15, 0.2) is 18.2 Å². The number of hydrogen-bond acceptors (Lipinski definition) is 3. The van der Waals surface area contributed by atoms with E-state index in [0.717, 1.165) is 32.7 Å². The first-order valence-corrected chi connectivity index (χ1v) is 7.17. The van der Waals surface area contributed by atoms with Crippen molar-refractivity contribution in [1.82, 2.24) is 15.5 Å². The average molecular weight is 336 g/mol. The van der Waals surface area contributed by atoms with Crippen molar-refractivity contribution in [3.8, 4) is 0 Å². The van der Waals surface area contributed by atoms with Gasteiger partial charge < -0.3 is 10.6 Å². The summed E-state index contributed by atoms with van der Waals surface area (Å²) >= 11 is 5.89. The number of rotatable bonds is 5. The number of amides is 1. The number of carbonyl (C=O) groups excluding carboxylic acids is 1. The first-order valence-electron chi connectivity index (χ1n) is 6.79. The van der Waals surface area contributed by atoms with E-state index in [1.807, 2.05) is 0 Å². The fourth-order valence-electron chi connectivity index (χ4n) is 2.21. The van der Waals surface area contributed by atoms with Crippen LogP contribution in [0, 0.1) is 5.82 Å². The van der Waals surface area contributed by atoms with Crippen molar-refractivity contribution < 1.29 is 9.18 Å². The Kier molecular flexibility index (Phi) is 7.96. The number of carbonyl (C=O) groups is 1. The third-order valence-corrected chi connectivity index (χ3v) is 3.71. The highest BCUT2D eigenvalue weighted by Crippen LogP contribution is 2.19. The van der Waals surface area contributed by atoms with E-state index in [1.165, 1.54) is 12.1 Å². The van der Waals surface area contributed by atoms with Gasteiger partial charge in [0.05, 0.1) is 6.42 Å². The van der Waals surface area contributed by atoms with Crippen LogP contribution in [0.1, 0.15) is 5.56 Å². The molecule has 0 saturated carbocycles. The van der Waals surface area contributed by atoms with Crippen molar-refractivity contribution in [3.05, 3.63) is 34.6 Å². The Labute approximate surface area is 135 Å². The summed E-state index contributed by atoms with van der Waals surface area (Å²) in [5.41, 5.74) is 0.258. The molecule has 1 fully saturated rings. The van der Waals surface area contributed by atoms with Crippen LogP contribution >= 0.6 is 24.0 Å². The molecule has 0 radical (unpaired) electrons. The smallest absolute Gasteiger partial charge is 0.224 e. The van der Waals surface area contributed by atoms with Crippen molar-refractivity contribution in [1.29, 1.82) is 0 Å². The molecule has 21 heavy (non-hydrogen) atoms. The molecule has 0 spiro atoms. The highest BCUT2D eigenvalue weighted by Gasteiger charge is 2.13. The minimum absolute atomic E-state index is 0. The molecule has 0 aliphatic carbocycles. The summed E-state index contributed by atoms with van der Waals surface area (Å²) < 4.78 is 13.5. The molecule has 1 aliphatic rings. The normalized spacial score (nSPS) is 15.3. The molecule has 1 amide bonds. The number of nitrogens with zero attached hydrogens (tertiary/aromatic N) is 1. The molecule has 2 rings (SSSR count). The number of benzene rings is 1. The largest absolute Gasteiger partial charge is 0.355 e. The molecule has 7 heteroatoms. The standard InChI is InChI=1S/C14H19ClFN3O.ClH/c15-12-2-1-3-13(16)11(12)10-14(20)18-6-9-19-7-4-17-5-8-19;/h1-3,17H,4-10H2,(H,18,20);1H. The van der Waals surface area contributed by atoms with E-state index >= 15 is 0 Å². The van der Waals surface area contributed by atoms with Crippen molar-refractivity contribution in [2.24, 2.45) is 0 Å². The second kappa shape index (κ2) is 9.20. The van der Waals surface area contributed by atoms with E-state index in [9.17, 15) is 9.18 Å². The summed E-state index contributed by atoms with van der Waals surface area (Å²) in [4.78, 5) is 14.1. The zero-order valence-corrected chi connectivity index (χ0v) is 13.3. The Morgan fingerprint density at radius 3 is 2.76 bits per heavy atom. The number of nitrogens with one attached hydrogen (secondary N) is 2. The van der Waals surface area contributed by atoms with Crippen LogP contribution in [0.4, 0.5) is 4.39 Å². The fraction of sp³-hybridized carbons (Fsp3) is 0.500. The van der Waals surface area contributed by atoms with Gasteiger partial charge in [-0.15, -0.1) is 12.4 Å². The van der Waals surface area contributed by atoms with E-state index in [4.69, 9.17) is 11.6 Å². The lowest BCUT2D eigenvalue weighted by molar-refractivity contribution is -0.120. The number of piperazine rings is 1. The van der Waals surface area contributed by atoms with E-state index in [0.29, 0.717) is 11.6 Å². The summed E-state index contributed by atoms with van der Waals surface area (Å²) in [7, 11) is 0. The Balaban J connectivity index is 0.00000220.